The van der Waals surface area contributed by atoms with E-state index in [4.69, 9.17) is 0 Å². The number of hydrogen-bond acceptors (Lipinski definition) is 1. The van der Waals surface area contributed by atoms with Gasteiger partial charge in [0.1, 0.15) is 0 Å². The SMILES string of the molecule is CC(C)CCCC(O)C1CCC(C)C1. The van der Waals surface area contributed by atoms with Crippen LogP contribution in [0.25, 0.3) is 0 Å². The summed E-state index contributed by atoms with van der Waals surface area (Å²) in [4.78, 5) is 0. The standard InChI is InChI=1S/C13H26O/c1-10(2)5-4-6-13(14)12-8-7-11(3)9-12/h10-14H,4-9H2,1-3H3. The highest BCUT2D eigenvalue weighted by Gasteiger charge is 2.26. The normalized spacial score (nSPS) is 29.8. The Kier molecular flexibility index (Phi) is 4.94. The minimum absolute atomic E-state index is 0.0151. The van der Waals surface area contributed by atoms with Crippen LogP contribution in [0.5, 0.6) is 0 Å². The molecule has 3 atom stereocenters. The van der Waals surface area contributed by atoms with E-state index in [-0.39, 0.29) is 6.10 Å². The van der Waals surface area contributed by atoms with Gasteiger partial charge in [-0.05, 0) is 37.0 Å². The van der Waals surface area contributed by atoms with Crippen molar-refractivity contribution in [2.45, 2.75) is 65.4 Å². The molecule has 1 nitrogen and oxygen atoms in total. The third-order valence-corrected chi connectivity index (χ3v) is 3.56. The molecule has 0 aromatic rings. The predicted octanol–water partition coefficient (Wildman–Crippen LogP) is 3.61. The molecular formula is C13H26O. The van der Waals surface area contributed by atoms with Gasteiger partial charge in [-0.2, -0.15) is 0 Å². The van der Waals surface area contributed by atoms with E-state index in [1.54, 1.807) is 0 Å². The molecule has 0 amide bonds. The minimum Gasteiger partial charge on any atom is -0.393 e. The first-order valence-electron chi connectivity index (χ1n) is 6.27. The lowest BCUT2D eigenvalue weighted by Crippen LogP contribution is -2.17. The highest BCUT2D eigenvalue weighted by atomic mass is 16.3. The van der Waals surface area contributed by atoms with E-state index in [0.717, 1.165) is 18.3 Å². The molecule has 1 aliphatic carbocycles. The summed E-state index contributed by atoms with van der Waals surface area (Å²) in [6, 6.07) is 0. The van der Waals surface area contributed by atoms with E-state index in [2.05, 4.69) is 20.8 Å². The summed E-state index contributed by atoms with van der Waals surface area (Å²) in [5.74, 6) is 2.24. The van der Waals surface area contributed by atoms with Crippen LogP contribution in [0.4, 0.5) is 0 Å². The van der Waals surface area contributed by atoms with Crippen molar-refractivity contribution in [3.8, 4) is 0 Å². The van der Waals surface area contributed by atoms with Crippen molar-refractivity contribution in [2.75, 3.05) is 0 Å². The lowest BCUT2D eigenvalue weighted by Gasteiger charge is -2.18. The highest BCUT2D eigenvalue weighted by molar-refractivity contribution is 4.78. The maximum absolute atomic E-state index is 9.98. The largest absolute Gasteiger partial charge is 0.393 e. The first-order valence-corrected chi connectivity index (χ1v) is 6.27. The van der Waals surface area contributed by atoms with E-state index in [0.29, 0.717) is 5.92 Å². The first kappa shape index (κ1) is 12.0. The number of rotatable bonds is 5. The summed E-state index contributed by atoms with van der Waals surface area (Å²) in [5, 5.41) is 9.98. The van der Waals surface area contributed by atoms with Gasteiger partial charge in [0.2, 0.25) is 0 Å². The van der Waals surface area contributed by atoms with Gasteiger partial charge < -0.3 is 5.11 Å². The molecule has 0 aromatic carbocycles. The van der Waals surface area contributed by atoms with Gasteiger partial charge in [0, 0.05) is 0 Å². The Morgan fingerprint density at radius 1 is 1.21 bits per heavy atom. The fourth-order valence-electron chi connectivity index (χ4n) is 2.57. The monoisotopic (exact) mass is 198 g/mol. The maximum Gasteiger partial charge on any atom is 0.0568 e. The van der Waals surface area contributed by atoms with Crippen LogP contribution in [0.2, 0.25) is 0 Å². The van der Waals surface area contributed by atoms with Crippen LogP contribution in [0.1, 0.15) is 59.3 Å². The van der Waals surface area contributed by atoms with E-state index in [1.807, 2.05) is 0 Å². The maximum atomic E-state index is 9.98. The van der Waals surface area contributed by atoms with Gasteiger partial charge in [0.25, 0.3) is 0 Å². The molecule has 0 saturated heterocycles. The van der Waals surface area contributed by atoms with Gasteiger partial charge in [-0.3, -0.25) is 0 Å². The zero-order valence-corrected chi connectivity index (χ0v) is 10.00. The lowest BCUT2D eigenvalue weighted by atomic mass is 9.94. The molecule has 0 radical (unpaired) electrons. The summed E-state index contributed by atoms with van der Waals surface area (Å²) >= 11 is 0. The molecule has 0 heterocycles. The quantitative estimate of drug-likeness (QED) is 0.715. The zero-order chi connectivity index (χ0) is 10.6. The Balaban J connectivity index is 2.12. The number of aliphatic hydroxyl groups excluding tert-OH is 1. The molecule has 1 aliphatic rings. The number of aliphatic hydroxyl groups is 1. The molecular weight excluding hydrogens is 172 g/mol. The van der Waals surface area contributed by atoms with Crippen LogP contribution >= 0.6 is 0 Å². The first-order chi connectivity index (χ1) is 6.59. The lowest BCUT2D eigenvalue weighted by molar-refractivity contribution is 0.0963. The molecule has 1 heteroatoms. The molecule has 1 fully saturated rings. The van der Waals surface area contributed by atoms with Crippen LogP contribution in [-0.4, -0.2) is 11.2 Å². The molecule has 84 valence electrons. The van der Waals surface area contributed by atoms with Crippen molar-refractivity contribution < 1.29 is 5.11 Å². The average Bonchev–Trinajstić information content (AvgIpc) is 2.51. The van der Waals surface area contributed by atoms with Crippen LogP contribution in [0.15, 0.2) is 0 Å². The summed E-state index contributed by atoms with van der Waals surface area (Å²) in [7, 11) is 0. The van der Waals surface area contributed by atoms with Gasteiger partial charge in [-0.15, -0.1) is 0 Å². The predicted molar refractivity (Wildman–Crippen MR) is 61.2 cm³/mol. The van der Waals surface area contributed by atoms with Crippen molar-refractivity contribution in [3.05, 3.63) is 0 Å². The van der Waals surface area contributed by atoms with Gasteiger partial charge in [-0.25, -0.2) is 0 Å². The molecule has 1 saturated carbocycles. The number of hydrogen-bond donors (Lipinski definition) is 1. The summed E-state index contributed by atoms with van der Waals surface area (Å²) in [6.07, 6.45) is 7.30. The third-order valence-electron chi connectivity index (χ3n) is 3.56. The van der Waals surface area contributed by atoms with E-state index < -0.39 is 0 Å². The van der Waals surface area contributed by atoms with Crippen molar-refractivity contribution in [3.63, 3.8) is 0 Å². The van der Waals surface area contributed by atoms with E-state index in [1.165, 1.54) is 32.1 Å². The molecule has 0 aromatic heterocycles. The molecule has 0 bridgehead atoms. The molecule has 0 spiro atoms. The second kappa shape index (κ2) is 5.75. The molecule has 3 unspecified atom stereocenters. The van der Waals surface area contributed by atoms with E-state index >= 15 is 0 Å². The van der Waals surface area contributed by atoms with Crippen LogP contribution in [0, 0.1) is 17.8 Å². The molecule has 1 rings (SSSR count). The topological polar surface area (TPSA) is 20.2 Å². The fraction of sp³-hybridized carbons (Fsp3) is 1.00. The second-order valence-electron chi connectivity index (χ2n) is 5.57. The Morgan fingerprint density at radius 3 is 2.43 bits per heavy atom. The zero-order valence-electron chi connectivity index (χ0n) is 10.00. The Bertz CT molecular complexity index is 153. The smallest absolute Gasteiger partial charge is 0.0568 e. The van der Waals surface area contributed by atoms with Gasteiger partial charge >= 0.3 is 0 Å². The third kappa shape index (κ3) is 4.00. The van der Waals surface area contributed by atoms with Crippen molar-refractivity contribution >= 4 is 0 Å². The summed E-state index contributed by atoms with van der Waals surface area (Å²) in [6.45, 7) is 6.81. The fourth-order valence-corrected chi connectivity index (χ4v) is 2.57. The van der Waals surface area contributed by atoms with Gasteiger partial charge in [0.15, 0.2) is 0 Å². The molecule has 1 N–H and O–H groups in total. The van der Waals surface area contributed by atoms with Crippen LogP contribution < -0.4 is 0 Å². The second-order valence-corrected chi connectivity index (χ2v) is 5.57. The molecule has 14 heavy (non-hydrogen) atoms. The molecule has 0 aliphatic heterocycles. The summed E-state index contributed by atoms with van der Waals surface area (Å²) in [5.41, 5.74) is 0. The van der Waals surface area contributed by atoms with Crippen molar-refractivity contribution in [1.29, 1.82) is 0 Å². The highest BCUT2D eigenvalue weighted by Crippen LogP contribution is 2.34. The van der Waals surface area contributed by atoms with Gasteiger partial charge in [0.05, 0.1) is 6.10 Å². The van der Waals surface area contributed by atoms with Crippen LogP contribution in [-0.2, 0) is 0 Å². The Labute approximate surface area is 88.9 Å². The van der Waals surface area contributed by atoms with Gasteiger partial charge in [-0.1, -0.05) is 40.0 Å². The average molecular weight is 198 g/mol. The summed E-state index contributed by atoms with van der Waals surface area (Å²) < 4.78 is 0. The minimum atomic E-state index is -0.0151. The van der Waals surface area contributed by atoms with Crippen molar-refractivity contribution in [2.24, 2.45) is 17.8 Å². The Morgan fingerprint density at radius 2 is 1.93 bits per heavy atom. The Hall–Kier alpha value is -0.0400. The van der Waals surface area contributed by atoms with E-state index in [9.17, 15) is 5.11 Å². The van der Waals surface area contributed by atoms with Crippen LogP contribution in [0.3, 0.4) is 0 Å². The van der Waals surface area contributed by atoms with Crippen molar-refractivity contribution in [1.82, 2.24) is 0 Å².